The summed E-state index contributed by atoms with van der Waals surface area (Å²) in [7, 11) is 0. The Hall–Kier alpha value is -2.25. The van der Waals surface area contributed by atoms with Gasteiger partial charge in [0.1, 0.15) is 17.2 Å². The Morgan fingerprint density at radius 1 is 1.25 bits per heavy atom. The summed E-state index contributed by atoms with van der Waals surface area (Å²) in [4.78, 5) is 22.8. The quantitative estimate of drug-likeness (QED) is 0.895. The number of carbonyl (C=O) groups is 1. The number of aromatic nitrogens is 2. The first-order valence-electron chi connectivity index (χ1n) is 8.08. The number of hydrogen-bond donors (Lipinski definition) is 1. The molecule has 0 bridgehead atoms. The summed E-state index contributed by atoms with van der Waals surface area (Å²) in [5, 5.41) is 2.94. The summed E-state index contributed by atoms with van der Waals surface area (Å²) in [6.07, 6.45) is 3.08. The standard InChI is InChI=1S/C17H22N4O3/c1-12-9-19-14(10-18-12)17(22)20-11-15(16-4-3-13(2)24-16)21-5-7-23-8-6-21/h3-4,9-10,15H,5-8,11H2,1-2H3,(H,20,22)/t15-/m0/s1. The SMILES string of the molecule is Cc1cnc(C(=O)NC[C@@H](c2ccc(C)o2)N2CCOCC2)cn1. The third-order valence-electron chi connectivity index (χ3n) is 4.05. The van der Waals surface area contributed by atoms with Crippen molar-refractivity contribution in [2.75, 3.05) is 32.8 Å². The van der Waals surface area contributed by atoms with Crippen molar-refractivity contribution < 1.29 is 13.9 Å². The van der Waals surface area contributed by atoms with Crippen LogP contribution in [0.3, 0.4) is 0 Å². The first-order valence-corrected chi connectivity index (χ1v) is 8.08. The predicted molar refractivity (Wildman–Crippen MR) is 87.7 cm³/mol. The molecule has 0 unspecified atom stereocenters. The second kappa shape index (κ2) is 7.55. The number of hydrogen-bond acceptors (Lipinski definition) is 6. The van der Waals surface area contributed by atoms with Crippen molar-refractivity contribution in [3.8, 4) is 0 Å². The average molecular weight is 330 g/mol. The third kappa shape index (κ3) is 3.98. The molecule has 1 N–H and O–H groups in total. The Bertz CT molecular complexity index is 677. The smallest absolute Gasteiger partial charge is 0.271 e. The maximum Gasteiger partial charge on any atom is 0.271 e. The zero-order valence-electron chi connectivity index (χ0n) is 14.0. The Labute approximate surface area is 141 Å². The predicted octanol–water partition coefficient (Wildman–Crippen LogP) is 1.49. The summed E-state index contributed by atoms with van der Waals surface area (Å²) in [5.74, 6) is 1.48. The van der Waals surface area contributed by atoms with Crippen LogP contribution in [-0.2, 0) is 4.74 Å². The Morgan fingerprint density at radius 2 is 2.04 bits per heavy atom. The fraction of sp³-hybridized carbons (Fsp3) is 0.471. The van der Waals surface area contributed by atoms with E-state index < -0.39 is 0 Å². The number of ether oxygens (including phenoxy) is 1. The van der Waals surface area contributed by atoms with Gasteiger partial charge in [-0.2, -0.15) is 0 Å². The Morgan fingerprint density at radius 3 is 2.67 bits per heavy atom. The second-order valence-corrected chi connectivity index (χ2v) is 5.87. The van der Waals surface area contributed by atoms with Crippen molar-refractivity contribution in [2.45, 2.75) is 19.9 Å². The highest BCUT2D eigenvalue weighted by molar-refractivity contribution is 5.91. The number of carbonyl (C=O) groups excluding carboxylic acids is 1. The topological polar surface area (TPSA) is 80.5 Å². The van der Waals surface area contributed by atoms with Crippen molar-refractivity contribution in [3.05, 3.63) is 47.4 Å². The van der Waals surface area contributed by atoms with Crippen molar-refractivity contribution in [3.63, 3.8) is 0 Å². The molecule has 0 spiro atoms. The zero-order valence-corrected chi connectivity index (χ0v) is 14.0. The molecule has 1 aliphatic heterocycles. The molecule has 1 saturated heterocycles. The van der Waals surface area contributed by atoms with Gasteiger partial charge in [-0.25, -0.2) is 4.98 Å². The van der Waals surface area contributed by atoms with E-state index in [2.05, 4.69) is 20.2 Å². The van der Waals surface area contributed by atoms with E-state index in [0.29, 0.717) is 25.5 Å². The lowest BCUT2D eigenvalue weighted by molar-refractivity contribution is 0.0117. The van der Waals surface area contributed by atoms with E-state index >= 15 is 0 Å². The van der Waals surface area contributed by atoms with E-state index in [0.717, 1.165) is 30.3 Å². The van der Waals surface area contributed by atoms with E-state index in [1.165, 1.54) is 6.20 Å². The van der Waals surface area contributed by atoms with Crippen LogP contribution in [0.1, 0.15) is 33.7 Å². The van der Waals surface area contributed by atoms with Gasteiger partial charge in [0.25, 0.3) is 5.91 Å². The minimum Gasteiger partial charge on any atom is -0.465 e. The highest BCUT2D eigenvalue weighted by Crippen LogP contribution is 2.23. The number of amides is 1. The molecule has 128 valence electrons. The lowest BCUT2D eigenvalue weighted by Gasteiger charge is -2.33. The largest absolute Gasteiger partial charge is 0.465 e. The van der Waals surface area contributed by atoms with Crippen LogP contribution in [0.2, 0.25) is 0 Å². The van der Waals surface area contributed by atoms with Crippen molar-refractivity contribution in [1.29, 1.82) is 0 Å². The third-order valence-corrected chi connectivity index (χ3v) is 4.05. The maximum absolute atomic E-state index is 12.3. The van der Waals surface area contributed by atoms with Crippen LogP contribution >= 0.6 is 0 Å². The Kier molecular flexibility index (Phi) is 5.22. The molecule has 0 aromatic carbocycles. The molecule has 1 amide bonds. The lowest BCUT2D eigenvalue weighted by Crippen LogP contribution is -2.43. The van der Waals surface area contributed by atoms with E-state index in [4.69, 9.17) is 9.15 Å². The molecule has 7 nitrogen and oxygen atoms in total. The van der Waals surface area contributed by atoms with E-state index in [1.54, 1.807) is 6.20 Å². The molecular formula is C17H22N4O3. The monoisotopic (exact) mass is 330 g/mol. The van der Waals surface area contributed by atoms with Gasteiger partial charge in [-0.05, 0) is 26.0 Å². The molecule has 7 heteroatoms. The lowest BCUT2D eigenvalue weighted by atomic mass is 10.1. The van der Waals surface area contributed by atoms with Gasteiger partial charge in [-0.1, -0.05) is 0 Å². The molecule has 2 aromatic heterocycles. The summed E-state index contributed by atoms with van der Waals surface area (Å²) >= 11 is 0. The summed E-state index contributed by atoms with van der Waals surface area (Å²) < 4.78 is 11.2. The van der Waals surface area contributed by atoms with Crippen LogP contribution in [0, 0.1) is 13.8 Å². The molecule has 2 aromatic rings. The number of nitrogens with one attached hydrogen (secondary N) is 1. The van der Waals surface area contributed by atoms with Crippen LogP contribution < -0.4 is 5.32 Å². The molecular weight excluding hydrogens is 308 g/mol. The van der Waals surface area contributed by atoms with Crippen LogP contribution in [0.5, 0.6) is 0 Å². The summed E-state index contributed by atoms with van der Waals surface area (Å²) in [6, 6.07) is 3.88. The van der Waals surface area contributed by atoms with Gasteiger partial charge < -0.3 is 14.5 Å². The van der Waals surface area contributed by atoms with Crippen LogP contribution in [0.15, 0.2) is 28.9 Å². The molecule has 1 aliphatic rings. The van der Waals surface area contributed by atoms with Gasteiger partial charge in [0, 0.05) is 25.8 Å². The fourth-order valence-corrected chi connectivity index (χ4v) is 2.72. The minimum atomic E-state index is -0.232. The molecule has 1 fully saturated rings. The average Bonchev–Trinajstić information content (AvgIpc) is 3.02. The summed E-state index contributed by atoms with van der Waals surface area (Å²) in [6.45, 7) is 7.19. The first-order chi connectivity index (χ1) is 11.6. The molecule has 0 radical (unpaired) electrons. The fourth-order valence-electron chi connectivity index (χ4n) is 2.72. The molecule has 0 saturated carbocycles. The van der Waals surface area contributed by atoms with Gasteiger partial charge in [0.2, 0.25) is 0 Å². The first kappa shape index (κ1) is 16.6. The second-order valence-electron chi connectivity index (χ2n) is 5.87. The molecule has 3 heterocycles. The van der Waals surface area contributed by atoms with Crippen molar-refractivity contribution in [1.82, 2.24) is 20.2 Å². The van der Waals surface area contributed by atoms with Gasteiger partial charge >= 0.3 is 0 Å². The molecule has 24 heavy (non-hydrogen) atoms. The summed E-state index contributed by atoms with van der Waals surface area (Å²) in [5.41, 5.74) is 1.10. The van der Waals surface area contributed by atoms with E-state index in [1.807, 2.05) is 26.0 Å². The molecule has 1 atom stereocenters. The van der Waals surface area contributed by atoms with Gasteiger partial charge in [-0.15, -0.1) is 0 Å². The minimum absolute atomic E-state index is 0.0232. The highest BCUT2D eigenvalue weighted by Gasteiger charge is 2.26. The van der Waals surface area contributed by atoms with Gasteiger partial charge in [0.15, 0.2) is 0 Å². The van der Waals surface area contributed by atoms with Gasteiger partial charge in [-0.3, -0.25) is 14.7 Å². The molecule has 3 rings (SSSR count). The number of nitrogens with zero attached hydrogens (tertiary/aromatic N) is 3. The van der Waals surface area contributed by atoms with Gasteiger partial charge in [0.05, 0.1) is 31.1 Å². The molecule has 0 aliphatic carbocycles. The van der Waals surface area contributed by atoms with E-state index in [-0.39, 0.29) is 11.9 Å². The Balaban J connectivity index is 1.69. The number of furan rings is 1. The zero-order chi connectivity index (χ0) is 16.9. The van der Waals surface area contributed by atoms with Crippen LogP contribution in [0.25, 0.3) is 0 Å². The highest BCUT2D eigenvalue weighted by atomic mass is 16.5. The number of morpholine rings is 1. The van der Waals surface area contributed by atoms with Crippen LogP contribution in [-0.4, -0.2) is 53.6 Å². The van der Waals surface area contributed by atoms with Crippen molar-refractivity contribution in [2.24, 2.45) is 0 Å². The number of aryl methyl sites for hydroxylation is 2. The maximum atomic E-state index is 12.3. The van der Waals surface area contributed by atoms with Crippen LogP contribution in [0.4, 0.5) is 0 Å². The van der Waals surface area contributed by atoms with Crippen molar-refractivity contribution >= 4 is 5.91 Å². The van der Waals surface area contributed by atoms with E-state index in [9.17, 15) is 4.79 Å². The number of rotatable bonds is 5. The normalized spacial score (nSPS) is 16.8.